The Hall–Kier alpha value is -3.95. The number of hydrazine groups is 1. The third-order valence-electron chi connectivity index (χ3n) is 6.38. The highest BCUT2D eigenvalue weighted by Crippen LogP contribution is 2.29. The Morgan fingerprint density at radius 3 is 2.55 bits per heavy atom. The molecule has 0 fully saturated rings. The van der Waals surface area contributed by atoms with Gasteiger partial charge in [0.15, 0.2) is 5.54 Å². The maximum absolute atomic E-state index is 13.5. The summed E-state index contributed by atoms with van der Waals surface area (Å²) in [6.45, 7) is 6.27. The van der Waals surface area contributed by atoms with Crippen molar-refractivity contribution < 1.29 is 28.9 Å². The zero-order valence-electron chi connectivity index (χ0n) is 23.2. The lowest BCUT2D eigenvalue weighted by molar-refractivity contribution is -0.155. The van der Waals surface area contributed by atoms with Gasteiger partial charge in [0.2, 0.25) is 5.90 Å². The smallest absolute Gasteiger partial charge is 0.306 e. The van der Waals surface area contributed by atoms with Gasteiger partial charge in [-0.25, -0.2) is 10.4 Å². The van der Waals surface area contributed by atoms with E-state index in [1.165, 1.54) is 0 Å². The lowest BCUT2D eigenvalue weighted by Crippen LogP contribution is -2.51. The number of ether oxygens (including phenoxy) is 3. The Bertz CT molecular complexity index is 1340. The van der Waals surface area contributed by atoms with Gasteiger partial charge in [-0.05, 0) is 67.8 Å². The summed E-state index contributed by atoms with van der Waals surface area (Å²) in [7, 11) is 0. The molecule has 0 radical (unpaired) electrons. The molecule has 3 aromatic carbocycles. The number of hydrogen-bond donors (Lipinski definition) is 3. The van der Waals surface area contributed by atoms with E-state index in [1.54, 1.807) is 45.0 Å². The van der Waals surface area contributed by atoms with Crippen molar-refractivity contribution in [3.05, 3.63) is 77.9 Å². The molecule has 212 valence electrons. The normalized spacial score (nSPS) is 16.8. The number of amides is 1. The molecule has 1 heterocycles. The van der Waals surface area contributed by atoms with E-state index in [2.05, 4.69) is 10.9 Å². The number of aliphatic hydroxyl groups excluding tert-OH is 1. The summed E-state index contributed by atoms with van der Waals surface area (Å²) in [6, 6.07) is 21.3. The van der Waals surface area contributed by atoms with Gasteiger partial charge in [0.1, 0.15) is 18.0 Å². The van der Waals surface area contributed by atoms with Crippen LogP contribution in [0.15, 0.2) is 71.7 Å². The predicted molar refractivity (Wildman–Crippen MR) is 153 cm³/mol. The summed E-state index contributed by atoms with van der Waals surface area (Å²) >= 11 is 0. The Morgan fingerprint density at radius 2 is 1.80 bits per heavy atom. The first-order chi connectivity index (χ1) is 19.2. The molecule has 0 bridgehead atoms. The van der Waals surface area contributed by atoms with E-state index in [0.29, 0.717) is 36.8 Å². The molecule has 0 aliphatic carbocycles. The minimum Gasteiger partial charge on any atom is -0.494 e. The Labute approximate surface area is 234 Å². The van der Waals surface area contributed by atoms with Crippen molar-refractivity contribution in [2.24, 2.45) is 4.99 Å². The van der Waals surface area contributed by atoms with Gasteiger partial charge in [0.05, 0.1) is 6.61 Å². The number of rotatable bonds is 12. The van der Waals surface area contributed by atoms with Crippen molar-refractivity contribution in [1.29, 1.82) is 0 Å². The number of aliphatic imine (C=N–C) groups is 1. The zero-order valence-corrected chi connectivity index (χ0v) is 23.2. The van der Waals surface area contributed by atoms with Crippen molar-refractivity contribution in [3.63, 3.8) is 0 Å². The summed E-state index contributed by atoms with van der Waals surface area (Å²) in [5.41, 5.74) is 5.60. The second-order valence-corrected chi connectivity index (χ2v) is 10.7. The Kier molecular flexibility index (Phi) is 9.39. The van der Waals surface area contributed by atoms with Crippen LogP contribution in [-0.4, -0.2) is 53.8 Å². The summed E-state index contributed by atoms with van der Waals surface area (Å²) in [5.74, 6) is 0.171. The molecule has 0 saturated heterocycles. The van der Waals surface area contributed by atoms with E-state index in [9.17, 15) is 9.59 Å². The van der Waals surface area contributed by atoms with Gasteiger partial charge in [0.25, 0.3) is 5.91 Å². The van der Waals surface area contributed by atoms with Gasteiger partial charge in [0, 0.05) is 31.6 Å². The molecule has 1 aliphatic rings. The summed E-state index contributed by atoms with van der Waals surface area (Å²) in [5, 5.41) is 11.1. The van der Waals surface area contributed by atoms with Crippen LogP contribution in [0.25, 0.3) is 10.8 Å². The Morgan fingerprint density at radius 1 is 1.05 bits per heavy atom. The fourth-order valence-corrected chi connectivity index (χ4v) is 4.38. The van der Waals surface area contributed by atoms with E-state index in [4.69, 9.17) is 24.3 Å². The molecule has 0 unspecified atom stereocenters. The molecule has 0 aromatic heterocycles. The SMILES string of the molecule is CC(C)(C)OC(=O)CC[C@@]1(C(=O)NNCc2cccc3ccccc23)COC(c2ccc(OCCCO)cc2)=N1. The van der Waals surface area contributed by atoms with Crippen molar-refractivity contribution in [3.8, 4) is 5.75 Å². The standard InChI is InChI=1S/C31H37N3O6/c1-30(2,3)40-27(36)16-17-31(21-39-28(33-31)23-12-14-25(15-13-23)38-19-7-18-35)29(37)34-32-20-24-10-6-9-22-8-4-5-11-26(22)24/h4-6,8-15,32,35H,7,16-21H2,1-3H3,(H,34,37)/t31-/m0/s1. The van der Waals surface area contributed by atoms with E-state index >= 15 is 0 Å². The highest BCUT2D eigenvalue weighted by atomic mass is 16.6. The van der Waals surface area contributed by atoms with Gasteiger partial charge in [-0.15, -0.1) is 0 Å². The highest BCUT2D eigenvalue weighted by molar-refractivity contribution is 6.00. The number of carbonyl (C=O) groups is 2. The molecule has 1 amide bonds. The van der Waals surface area contributed by atoms with Crippen molar-refractivity contribution in [2.45, 2.75) is 57.7 Å². The first-order valence-electron chi connectivity index (χ1n) is 13.5. The number of fused-ring (bicyclic) bond motifs is 1. The maximum Gasteiger partial charge on any atom is 0.306 e. The fourth-order valence-electron chi connectivity index (χ4n) is 4.38. The van der Waals surface area contributed by atoms with Crippen LogP contribution in [0.5, 0.6) is 5.75 Å². The van der Waals surface area contributed by atoms with Crippen molar-refractivity contribution in [2.75, 3.05) is 19.8 Å². The van der Waals surface area contributed by atoms with Crippen LogP contribution in [0.2, 0.25) is 0 Å². The minimum absolute atomic E-state index is 0.00574. The third kappa shape index (κ3) is 7.58. The van der Waals surface area contributed by atoms with Gasteiger partial charge in [-0.2, -0.15) is 0 Å². The molecule has 4 rings (SSSR count). The quantitative estimate of drug-likeness (QED) is 0.178. The fraction of sp³-hybridized carbons (Fsp3) is 0.387. The zero-order chi connectivity index (χ0) is 28.6. The van der Waals surface area contributed by atoms with Crippen LogP contribution < -0.4 is 15.6 Å². The third-order valence-corrected chi connectivity index (χ3v) is 6.38. The first kappa shape index (κ1) is 29.0. The summed E-state index contributed by atoms with van der Waals surface area (Å²) < 4.78 is 17.0. The van der Waals surface area contributed by atoms with E-state index < -0.39 is 23.0 Å². The average Bonchev–Trinajstić information content (AvgIpc) is 3.37. The molecular formula is C31H37N3O6. The maximum atomic E-state index is 13.5. The van der Waals surface area contributed by atoms with E-state index in [0.717, 1.165) is 16.3 Å². The molecule has 3 aromatic rings. The summed E-state index contributed by atoms with van der Waals surface area (Å²) in [4.78, 5) is 30.8. The van der Waals surface area contributed by atoms with Crippen LogP contribution in [0, 0.1) is 0 Å². The molecule has 0 spiro atoms. The van der Waals surface area contributed by atoms with Crippen LogP contribution in [-0.2, 0) is 25.6 Å². The number of nitrogens with one attached hydrogen (secondary N) is 2. The number of aliphatic hydroxyl groups is 1. The molecule has 0 saturated carbocycles. The van der Waals surface area contributed by atoms with E-state index in [1.807, 2.05) is 42.5 Å². The largest absolute Gasteiger partial charge is 0.494 e. The molecule has 9 heteroatoms. The molecule has 3 N–H and O–H groups in total. The van der Waals surface area contributed by atoms with Crippen LogP contribution in [0.3, 0.4) is 0 Å². The second kappa shape index (κ2) is 12.9. The monoisotopic (exact) mass is 547 g/mol. The average molecular weight is 548 g/mol. The lowest BCUT2D eigenvalue weighted by atomic mass is 9.94. The number of carbonyl (C=O) groups excluding carboxylic acids is 2. The van der Waals surface area contributed by atoms with Crippen LogP contribution >= 0.6 is 0 Å². The first-order valence-corrected chi connectivity index (χ1v) is 13.5. The number of nitrogens with zero attached hydrogens (tertiary/aromatic N) is 1. The van der Waals surface area contributed by atoms with Gasteiger partial charge in [-0.3, -0.25) is 15.0 Å². The van der Waals surface area contributed by atoms with Gasteiger partial charge < -0.3 is 19.3 Å². The second-order valence-electron chi connectivity index (χ2n) is 10.7. The van der Waals surface area contributed by atoms with Crippen molar-refractivity contribution in [1.82, 2.24) is 10.9 Å². The summed E-state index contributed by atoms with van der Waals surface area (Å²) in [6.07, 6.45) is 0.669. The predicted octanol–water partition coefficient (Wildman–Crippen LogP) is 4.06. The van der Waals surface area contributed by atoms with E-state index in [-0.39, 0.29) is 26.1 Å². The molecular weight excluding hydrogens is 510 g/mol. The lowest BCUT2D eigenvalue weighted by Gasteiger charge is -2.24. The Balaban J connectivity index is 1.48. The number of esters is 1. The van der Waals surface area contributed by atoms with Crippen LogP contribution in [0.4, 0.5) is 0 Å². The number of hydrogen-bond acceptors (Lipinski definition) is 8. The molecule has 9 nitrogen and oxygen atoms in total. The van der Waals surface area contributed by atoms with Gasteiger partial charge in [-0.1, -0.05) is 42.5 Å². The number of benzene rings is 3. The highest BCUT2D eigenvalue weighted by Gasteiger charge is 2.45. The van der Waals surface area contributed by atoms with Crippen molar-refractivity contribution >= 4 is 28.5 Å². The van der Waals surface area contributed by atoms with Gasteiger partial charge >= 0.3 is 5.97 Å². The topological polar surface area (TPSA) is 118 Å². The molecule has 1 atom stereocenters. The van der Waals surface area contributed by atoms with Crippen LogP contribution in [0.1, 0.15) is 51.2 Å². The molecule has 40 heavy (non-hydrogen) atoms. The minimum atomic E-state index is -1.31. The molecule has 1 aliphatic heterocycles.